The largest absolute Gasteiger partial charge is 0.333 e. The Bertz CT molecular complexity index is 1130. The van der Waals surface area contributed by atoms with E-state index in [0.717, 1.165) is 55.6 Å². The van der Waals surface area contributed by atoms with Crippen LogP contribution >= 0.6 is 0 Å². The van der Waals surface area contributed by atoms with E-state index in [1.54, 1.807) is 0 Å². The van der Waals surface area contributed by atoms with Crippen molar-refractivity contribution in [3.05, 3.63) is 54.3 Å². The third-order valence-corrected chi connectivity index (χ3v) is 7.42. The maximum Gasteiger partial charge on any atom is 0.333 e. The first kappa shape index (κ1) is 22.5. The second-order valence-electron chi connectivity index (χ2n) is 9.35. The van der Waals surface area contributed by atoms with E-state index in [9.17, 15) is 8.42 Å². The molecule has 3 N–H and O–H groups in total. The summed E-state index contributed by atoms with van der Waals surface area (Å²) in [4.78, 5) is 4.58. The van der Waals surface area contributed by atoms with Crippen LogP contribution in [-0.2, 0) is 14.5 Å². The van der Waals surface area contributed by atoms with Crippen LogP contribution in [0.1, 0.15) is 50.4 Å². The fourth-order valence-electron chi connectivity index (χ4n) is 5.27. The second kappa shape index (κ2) is 9.50. The van der Waals surface area contributed by atoms with Gasteiger partial charge in [0.15, 0.2) is 5.82 Å². The Hall–Kier alpha value is -2.33. The van der Waals surface area contributed by atoms with E-state index in [-0.39, 0.29) is 24.7 Å². The summed E-state index contributed by atoms with van der Waals surface area (Å²) in [5, 5.41) is 13.6. The molecule has 9 heteroatoms. The first-order valence-corrected chi connectivity index (χ1v) is 13.2. The molecule has 1 aliphatic heterocycles. The molecule has 5 atom stereocenters. The quantitative estimate of drug-likeness (QED) is 0.634. The van der Waals surface area contributed by atoms with Crippen molar-refractivity contribution in [2.75, 3.05) is 6.61 Å². The SMILES string of the molecule is NS(=O)(=O)OCC1CCC(NC2CC=Nc3cc(C4=CC(C5C=CC=CC5)CC=C4)nn32)C1. The predicted molar refractivity (Wildman–Crippen MR) is 129 cm³/mol. The van der Waals surface area contributed by atoms with Crippen LogP contribution in [0.2, 0.25) is 0 Å². The second-order valence-corrected chi connectivity index (χ2v) is 10.6. The van der Waals surface area contributed by atoms with Gasteiger partial charge in [-0.25, -0.2) is 14.8 Å². The topological polar surface area (TPSA) is 112 Å². The van der Waals surface area contributed by atoms with E-state index in [1.165, 1.54) is 0 Å². The first-order valence-electron chi connectivity index (χ1n) is 11.7. The molecule has 5 rings (SSSR count). The average molecular weight is 470 g/mol. The summed E-state index contributed by atoms with van der Waals surface area (Å²) in [5.74, 6) is 2.06. The van der Waals surface area contributed by atoms with Gasteiger partial charge in [0.1, 0.15) is 6.17 Å². The Morgan fingerprint density at radius 1 is 1.15 bits per heavy atom. The van der Waals surface area contributed by atoms with E-state index in [0.29, 0.717) is 11.8 Å². The van der Waals surface area contributed by atoms with Gasteiger partial charge in [-0.2, -0.15) is 13.5 Å². The van der Waals surface area contributed by atoms with Gasteiger partial charge >= 0.3 is 10.3 Å². The van der Waals surface area contributed by atoms with Gasteiger partial charge in [0.2, 0.25) is 0 Å². The number of fused-ring (bicyclic) bond motifs is 1. The van der Waals surface area contributed by atoms with E-state index in [4.69, 9.17) is 14.4 Å². The van der Waals surface area contributed by atoms with E-state index >= 15 is 0 Å². The Morgan fingerprint density at radius 3 is 2.85 bits per heavy atom. The zero-order valence-corrected chi connectivity index (χ0v) is 19.4. The van der Waals surface area contributed by atoms with E-state index in [1.807, 2.05) is 10.9 Å². The Kier molecular flexibility index (Phi) is 6.47. The van der Waals surface area contributed by atoms with Crippen molar-refractivity contribution in [2.24, 2.45) is 27.9 Å². The highest BCUT2D eigenvalue weighted by Crippen LogP contribution is 2.35. The zero-order chi connectivity index (χ0) is 22.8. The molecule has 0 amide bonds. The van der Waals surface area contributed by atoms with Gasteiger partial charge < -0.3 is 0 Å². The molecule has 5 unspecified atom stereocenters. The molecule has 0 radical (unpaired) electrons. The number of rotatable bonds is 7. The Morgan fingerprint density at radius 2 is 2.03 bits per heavy atom. The van der Waals surface area contributed by atoms with Gasteiger partial charge in [-0.05, 0) is 55.4 Å². The van der Waals surface area contributed by atoms with Crippen molar-refractivity contribution in [1.29, 1.82) is 0 Å². The van der Waals surface area contributed by atoms with Gasteiger partial charge in [-0.1, -0.05) is 42.5 Å². The van der Waals surface area contributed by atoms with Gasteiger partial charge in [-0.3, -0.25) is 9.50 Å². The van der Waals surface area contributed by atoms with Crippen LogP contribution < -0.4 is 10.5 Å². The highest BCUT2D eigenvalue weighted by Gasteiger charge is 2.30. The molecule has 1 aromatic heterocycles. The Labute approximate surface area is 195 Å². The lowest BCUT2D eigenvalue weighted by Gasteiger charge is -2.25. The molecule has 8 nitrogen and oxygen atoms in total. The van der Waals surface area contributed by atoms with E-state index < -0.39 is 10.3 Å². The van der Waals surface area contributed by atoms with Crippen LogP contribution in [-0.4, -0.2) is 37.1 Å². The summed E-state index contributed by atoms with van der Waals surface area (Å²) in [6, 6.07) is 2.34. The average Bonchev–Trinajstić information content (AvgIpc) is 3.46. The molecule has 0 spiro atoms. The van der Waals surface area contributed by atoms with E-state index in [2.05, 4.69) is 58.9 Å². The number of hydrogen-bond donors (Lipinski definition) is 2. The fraction of sp³-hybridized carbons (Fsp3) is 0.500. The molecular weight excluding hydrogens is 438 g/mol. The fourth-order valence-corrected chi connectivity index (χ4v) is 5.65. The third kappa shape index (κ3) is 5.43. The summed E-state index contributed by atoms with van der Waals surface area (Å²) < 4.78 is 28.9. The monoisotopic (exact) mass is 469 g/mol. The van der Waals surface area contributed by atoms with Crippen LogP contribution in [0.4, 0.5) is 5.82 Å². The molecule has 0 saturated heterocycles. The maximum absolute atomic E-state index is 11.1. The number of aromatic nitrogens is 2. The van der Waals surface area contributed by atoms with Crippen LogP contribution in [0.5, 0.6) is 0 Å². The lowest BCUT2D eigenvalue weighted by Crippen LogP contribution is -2.36. The highest BCUT2D eigenvalue weighted by atomic mass is 32.2. The zero-order valence-electron chi connectivity index (χ0n) is 18.6. The molecule has 2 heterocycles. The minimum atomic E-state index is -3.89. The number of nitrogens with two attached hydrogens (primary N) is 1. The molecule has 3 aliphatic carbocycles. The molecule has 1 aromatic rings. The lowest BCUT2D eigenvalue weighted by atomic mass is 9.81. The van der Waals surface area contributed by atoms with Crippen molar-refractivity contribution in [3.8, 4) is 0 Å². The van der Waals surface area contributed by atoms with Crippen molar-refractivity contribution in [3.63, 3.8) is 0 Å². The Balaban J connectivity index is 1.26. The van der Waals surface area contributed by atoms with Gasteiger partial charge in [-0.15, -0.1) is 0 Å². The smallest absolute Gasteiger partial charge is 0.293 e. The first-order chi connectivity index (χ1) is 15.9. The molecule has 1 saturated carbocycles. The maximum atomic E-state index is 11.1. The molecule has 0 bridgehead atoms. The molecule has 1 fully saturated rings. The van der Waals surface area contributed by atoms with Crippen molar-refractivity contribution in [2.45, 2.75) is 50.7 Å². The standard InChI is InChI=1S/C24H31N5O3S/c25-33(30,31)32-16-17-9-10-21(13-17)27-23-11-12-26-24-15-22(28-29(23)24)20-8-4-7-19(14-20)18-5-2-1-3-6-18/h1-5,8,12,14-15,17-19,21,23,27H,6-7,9-11,13,16H2,(H2,25,30,31). The number of allylic oxidation sites excluding steroid dienone is 8. The molecular formula is C24H31N5O3S. The summed E-state index contributed by atoms with van der Waals surface area (Å²) in [5.41, 5.74) is 2.11. The highest BCUT2D eigenvalue weighted by molar-refractivity contribution is 7.84. The van der Waals surface area contributed by atoms with Crippen molar-refractivity contribution >= 4 is 27.9 Å². The van der Waals surface area contributed by atoms with Gasteiger partial charge in [0.05, 0.1) is 12.3 Å². The minimum absolute atomic E-state index is 0.0320. The molecule has 0 aromatic carbocycles. The lowest BCUT2D eigenvalue weighted by molar-refractivity contribution is 0.250. The van der Waals surface area contributed by atoms with Crippen molar-refractivity contribution in [1.82, 2.24) is 15.1 Å². The summed E-state index contributed by atoms with van der Waals surface area (Å²) in [6.45, 7) is 0.147. The molecule has 176 valence electrons. The van der Waals surface area contributed by atoms with Crippen molar-refractivity contribution < 1.29 is 12.6 Å². The van der Waals surface area contributed by atoms with Crippen LogP contribution in [0, 0.1) is 17.8 Å². The minimum Gasteiger partial charge on any atom is -0.293 e. The number of nitrogens with zero attached hydrogens (tertiary/aromatic N) is 3. The third-order valence-electron chi connectivity index (χ3n) is 6.96. The summed E-state index contributed by atoms with van der Waals surface area (Å²) in [7, 11) is -3.89. The predicted octanol–water partition coefficient (Wildman–Crippen LogP) is 3.56. The van der Waals surface area contributed by atoms with Gasteiger partial charge in [0, 0.05) is 24.7 Å². The van der Waals surface area contributed by atoms with Crippen LogP contribution in [0.15, 0.2) is 53.6 Å². The number of nitrogens with one attached hydrogen (secondary N) is 1. The normalized spacial score (nSPS) is 31.1. The molecule has 4 aliphatic rings. The van der Waals surface area contributed by atoms with Crippen LogP contribution in [0.3, 0.4) is 0 Å². The van der Waals surface area contributed by atoms with Crippen LogP contribution in [0.25, 0.3) is 5.57 Å². The summed E-state index contributed by atoms with van der Waals surface area (Å²) in [6.07, 6.45) is 23.2. The number of hydrogen-bond acceptors (Lipinski definition) is 6. The number of aliphatic imine (C=N–C) groups is 1. The van der Waals surface area contributed by atoms with Gasteiger partial charge in [0.25, 0.3) is 0 Å². The summed E-state index contributed by atoms with van der Waals surface area (Å²) >= 11 is 0. The molecule has 33 heavy (non-hydrogen) atoms.